The summed E-state index contributed by atoms with van der Waals surface area (Å²) in [7, 11) is 0. The van der Waals surface area contributed by atoms with Crippen LogP contribution in [-0.4, -0.2) is 42.6 Å². The Bertz CT molecular complexity index is 503. The number of hydrogen-bond donors (Lipinski definition) is 1. The zero-order valence-corrected chi connectivity index (χ0v) is 12.7. The molecule has 2 aliphatic rings. The first-order valence-electron chi connectivity index (χ1n) is 8.04. The summed E-state index contributed by atoms with van der Waals surface area (Å²) in [6, 6.07) is 8.65. The summed E-state index contributed by atoms with van der Waals surface area (Å²) in [5, 5.41) is 3.61. The van der Waals surface area contributed by atoms with E-state index in [1.165, 1.54) is 12.8 Å². The third kappa shape index (κ3) is 3.38. The maximum absolute atomic E-state index is 12.7. The van der Waals surface area contributed by atoms with Crippen molar-refractivity contribution in [1.29, 1.82) is 0 Å². The van der Waals surface area contributed by atoms with E-state index in [0.29, 0.717) is 18.7 Å². The Hall–Kier alpha value is -1.55. The molecule has 1 aromatic carbocycles. The second-order valence-corrected chi connectivity index (χ2v) is 6.05. The highest BCUT2D eigenvalue weighted by Crippen LogP contribution is 2.22. The van der Waals surface area contributed by atoms with Crippen LogP contribution in [0.1, 0.15) is 43.0 Å². The average Bonchev–Trinajstić information content (AvgIpc) is 2.84. The van der Waals surface area contributed by atoms with E-state index in [9.17, 15) is 4.79 Å². The van der Waals surface area contributed by atoms with Crippen LogP contribution in [0.5, 0.6) is 5.75 Å². The van der Waals surface area contributed by atoms with Gasteiger partial charge < -0.3 is 15.0 Å². The zero-order valence-electron chi connectivity index (χ0n) is 12.7. The number of carbonyl (C=O) groups excluding carboxylic acids is 1. The molecule has 3 rings (SSSR count). The summed E-state index contributed by atoms with van der Waals surface area (Å²) >= 11 is 0. The van der Waals surface area contributed by atoms with Gasteiger partial charge in [-0.15, -0.1) is 0 Å². The zero-order chi connectivity index (χ0) is 14.7. The number of ether oxygens (including phenoxy) is 1. The van der Waals surface area contributed by atoms with Crippen molar-refractivity contribution in [3.63, 3.8) is 0 Å². The minimum Gasteiger partial charge on any atom is -0.494 e. The largest absolute Gasteiger partial charge is 0.494 e. The molecule has 2 unspecified atom stereocenters. The number of benzene rings is 1. The number of likely N-dealkylation sites (tertiary alicyclic amines) is 1. The summed E-state index contributed by atoms with van der Waals surface area (Å²) in [6.45, 7) is 4.45. The van der Waals surface area contributed by atoms with Crippen molar-refractivity contribution in [2.45, 2.75) is 44.7 Å². The van der Waals surface area contributed by atoms with E-state index in [1.54, 1.807) is 0 Å². The molecule has 0 aromatic heterocycles. The minimum absolute atomic E-state index is 0.131. The molecule has 2 aliphatic heterocycles. The molecule has 114 valence electrons. The molecular weight excluding hydrogens is 264 g/mol. The first-order valence-corrected chi connectivity index (χ1v) is 8.04. The number of hydrogen-bond acceptors (Lipinski definition) is 3. The van der Waals surface area contributed by atoms with Gasteiger partial charge in [0.1, 0.15) is 5.75 Å². The molecule has 2 saturated heterocycles. The molecule has 4 heteroatoms. The van der Waals surface area contributed by atoms with Crippen LogP contribution in [-0.2, 0) is 0 Å². The van der Waals surface area contributed by atoms with Crippen LogP contribution in [0.4, 0.5) is 0 Å². The van der Waals surface area contributed by atoms with Crippen LogP contribution in [0.2, 0.25) is 0 Å². The first-order chi connectivity index (χ1) is 10.3. The lowest BCUT2D eigenvalue weighted by atomic mass is 10.1. The van der Waals surface area contributed by atoms with Crippen molar-refractivity contribution in [3.05, 3.63) is 29.8 Å². The van der Waals surface area contributed by atoms with Crippen molar-refractivity contribution in [3.8, 4) is 5.75 Å². The number of nitrogens with one attached hydrogen (secondary N) is 1. The van der Waals surface area contributed by atoms with E-state index in [-0.39, 0.29) is 5.91 Å². The van der Waals surface area contributed by atoms with Crippen molar-refractivity contribution in [2.75, 3.05) is 19.7 Å². The first kappa shape index (κ1) is 14.4. The van der Waals surface area contributed by atoms with Crippen LogP contribution in [0.15, 0.2) is 24.3 Å². The molecule has 1 amide bonds. The van der Waals surface area contributed by atoms with E-state index in [4.69, 9.17) is 4.74 Å². The summed E-state index contributed by atoms with van der Waals surface area (Å²) in [6.07, 6.45) is 4.48. The molecule has 2 fully saturated rings. The van der Waals surface area contributed by atoms with E-state index in [2.05, 4.69) is 12.2 Å². The van der Waals surface area contributed by atoms with E-state index in [1.807, 2.05) is 29.2 Å². The van der Waals surface area contributed by atoms with Gasteiger partial charge in [0.15, 0.2) is 0 Å². The molecule has 0 radical (unpaired) electrons. The highest BCUT2D eigenvalue weighted by molar-refractivity contribution is 5.94. The highest BCUT2D eigenvalue weighted by Gasteiger charge is 2.31. The lowest BCUT2D eigenvalue weighted by molar-refractivity contribution is 0.0747. The monoisotopic (exact) mass is 288 g/mol. The Morgan fingerprint density at radius 3 is 3.05 bits per heavy atom. The molecule has 1 N–H and O–H groups in total. The summed E-state index contributed by atoms with van der Waals surface area (Å²) < 4.78 is 5.62. The summed E-state index contributed by atoms with van der Waals surface area (Å²) in [4.78, 5) is 14.7. The van der Waals surface area contributed by atoms with Gasteiger partial charge in [-0.1, -0.05) is 13.0 Å². The minimum atomic E-state index is 0.131. The number of rotatable bonds is 4. The molecule has 0 saturated carbocycles. The van der Waals surface area contributed by atoms with E-state index in [0.717, 1.165) is 37.2 Å². The van der Waals surface area contributed by atoms with Gasteiger partial charge in [-0.3, -0.25) is 4.79 Å². The Morgan fingerprint density at radius 2 is 2.19 bits per heavy atom. The molecule has 2 atom stereocenters. The number of amides is 1. The van der Waals surface area contributed by atoms with Gasteiger partial charge in [0.05, 0.1) is 6.61 Å². The van der Waals surface area contributed by atoms with Gasteiger partial charge in [-0.25, -0.2) is 0 Å². The normalized spacial score (nSPS) is 24.7. The van der Waals surface area contributed by atoms with Gasteiger partial charge >= 0.3 is 0 Å². The quantitative estimate of drug-likeness (QED) is 0.925. The Balaban J connectivity index is 1.69. The highest BCUT2D eigenvalue weighted by atomic mass is 16.5. The van der Waals surface area contributed by atoms with Gasteiger partial charge in [0.2, 0.25) is 0 Å². The molecular formula is C17H24N2O2. The van der Waals surface area contributed by atoms with Gasteiger partial charge in [0, 0.05) is 30.7 Å². The standard InChI is InChI=1S/C17H24N2O2/c1-2-10-21-16-5-3-4-13(11-16)17(20)19-9-8-14-6-7-15(12-19)18-14/h3-5,11,14-15,18H,2,6-10,12H2,1H3. The lowest BCUT2D eigenvalue weighted by Crippen LogP contribution is -2.39. The predicted octanol–water partition coefficient (Wildman–Crippen LogP) is 2.44. The van der Waals surface area contributed by atoms with Crippen molar-refractivity contribution < 1.29 is 9.53 Å². The fraction of sp³-hybridized carbons (Fsp3) is 0.588. The third-order valence-corrected chi connectivity index (χ3v) is 4.36. The van der Waals surface area contributed by atoms with Crippen LogP contribution in [0.3, 0.4) is 0 Å². The Kier molecular flexibility index (Phi) is 4.44. The number of carbonyl (C=O) groups is 1. The maximum atomic E-state index is 12.7. The molecule has 2 heterocycles. The van der Waals surface area contributed by atoms with Gasteiger partial charge in [-0.05, 0) is 43.9 Å². The fourth-order valence-corrected chi connectivity index (χ4v) is 3.25. The molecule has 4 nitrogen and oxygen atoms in total. The second-order valence-electron chi connectivity index (χ2n) is 6.05. The molecule has 21 heavy (non-hydrogen) atoms. The van der Waals surface area contributed by atoms with Crippen LogP contribution < -0.4 is 10.1 Å². The SMILES string of the molecule is CCCOc1cccc(C(=O)N2CCC3CCC(C2)N3)c1. The maximum Gasteiger partial charge on any atom is 0.254 e. The van der Waals surface area contributed by atoms with Crippen LogP contribution >= 0.6 is 0 Å². The van der Waals surface area contributed by atoms with Crippen molar-refractivity contribution in [1.82, 2.24) is 10.2 Å². The fourth-order valence-electron chi connectivity index (χ4n) is 3.25. The van der Waals surface area contributed by atoms with Crippen molar-refractivity contribution in [2.24, 2.45) is 0 Å². The topological polar surface area (TPSA) is 41.6 Å². The lowest BCUT2D eigenvalue weighted by Gasteiger charge is -2.24. The smallest absolute Gasteiger partial charge is 0.254 e. The molecule has 0 aliphatic carbocycles. The molecule has 2 bridgehead atoms. The van der Waals surface area contributed by atoms with Gasteiger partial charge in [-0.2, -0.15) is 0 Å². The van der Waals surface area contributed by atoms with Crippen molar-refractivity contribution >= 4 is 5.91 Å². The second kappa shape index (κ2) is 6.48. The Morgan fingerprint density at radius 1 is 1.33 bits per heavy atom. The Labute approximate surface area is 126 Å². The number of nitrogens with zero attached hydrogens (tertiary/aromatic N) is 1. The average molecular weight is 288 g/mol. The number of fused-ring (bicyclic) bond motifs is 2. The summed E-state index contributed by atoms with van der Waals surface area (Å²) in [5.41, 5.74) is 0.737. The summed E-state index contributed by atoms with van der Waals surface area (Å²) in [5.74, 6) is 0.920. The molecule has 0 spiro atoms. The van der Waals surface area contributed by atoms with E-state index >= 15 is 0 Å². The van der Waals surface area contributed by atoms with Crippen LogP contribution in [0, 0.1) is 0 Å². The predicted molar refractivity (Wildman–Crippen MR) is 82.7 cm³/mol. The molecule has 1 aromatic rings. The van der Waals surface area contributed by atoms with E-state index < -0.39 is 0 Å². The van der Waals surface area contributed by atoms with Gasteiger partial charge in [0.25, 0.3) is 5.91 Å². The van der Waals surface area contributed by atoms with Crippen LogP contribution in [0.25, 0.3) is 0 Å². The third-order valence-electron chi connectivity index (χ3n) is 4.36.